The lowest BCUT2D eigenvalue weighted by Gasteiger charge is -2.16. The van der Waals surface area contributed by atoms with E-state index in [4.69, 9.17) is 0 Å². The van der Waals surface area contributed by atoms with E-state index < -0.39 is 6.10 Å². The van der Waals surface area contributed by atoms with Crippen LogP contribution in [-0.4, -0.2) is 11.0 Å². The molecule has 3 rings (SSSR count). The van der Waals surface area contributed by atoms with E-state index in [0.29, 0.717) is 6.42 Å². The zero-order valence-electron chi connectivity index (χ0n) is 13.7. The van der Waals surface area contributed by atoms with Crippen LogP contribution in [0.25, 0.3) is 0 Å². The van der Waals surface area contributed by atoms with Gasteiger partial charge in [0.25, 0.3) is 0 Å². The molecule has 1 aliphatic heterocycles. The van der Waals surface area contributed by atoms with Gasteiger partial charge in [0.05, 0.1) is 12.0 Å². The fourth-order valence-electron chi connectivity index (χ4n) is 3.36. The number of nitrogens with one attached hydrogen (secondary N) is 1. The lowest BCUT2D eigenvalue weighted by molar-refractivity contribution is -0.117. The van der Waals surface area contributed by atoms with Crippen molar-refractivity contribution < 1.29 is 9.90 Å². The predicted octanol–water partition coefficient (Wildman–Crippen LogP) is 3.97. The molecule has 1 aliphatic rings. The van der Waals surface area contributed by atoms with Crippen LogP contribution in [0, 0.1) is 0 Å². The molecule has 0 spiro atoms. The number of carbonyl (C=O) groups is 1. The Labute approximate surface area is 137 Å². The molecule has 3 nitrogen and oxygen atoms in total. The van der Waals surface area contributed by atoms with E-state index in [1.54, 1.807) is 0 Å². The Morgan fingerprint density at radius 1 is 1.17 bits per heavy atom. The standard InChI is InChI=1S/C20H23NO2/c1-3-14-11-15(18(22)10-13-8-6-5-7-9-13)12-17-16(4-2)20(23)21-19(14)17/h5-9,11-12,16,18,22H,3-4,10H2,1-2H3,(H,21,23). The highest BCUT2D eigenvalue weighted by Crippen LogP contribution is 2.39. The molecular formula is C20H23NO2. The molecule has 2 aromatic carbocycles. The minimum absolute atomic E-state index is 0.0758. The van der Waals surface area contributed by atoms with Crippen LogP contribution >= 0.6 is 0 Å². The first-order chi connectivity index (χ1) is 11.1. The Hall–Kier alpha value is -2.13. The van der Waals surface area contributed by atoms with E-state index >= 15 is 0 Å². The smallest absolute Gasteiger partial charge is 0.232 e. The molecule has 0 fully saturated rings. The third-order valence-electron chi connectivity index (χ3n) is 4.66. The summed E-state index contributed by atoms with van der Waals surface area (Å²) >= 11 is 0. The van der Waals surface area contributed by atoms with Gasteiger partial charge in [-0.25, -0.2) is 0 Å². The summed E-state index contributed by atoms with van der Waals surface area (Å²) in [6, 6.07) is 14.0. The van der Waals surface area contributed by atoms with Crippen molar-refractivity contribution >= 4 is 11.6 Å². The van der Waals surface area contributed by atoms with Crippen LogP contribution in [0.4, 0.5) is 5.69 Å². The zero-order valence-corrected chi connectivity index (χ0v) is 13.7. The molecule has 1 amide bonds. The van der Waals surface area contributed by atoms with Crippen molar-refractivity contribution in [3.63, 3.8) is 0 Å². The number of rotatable bonds is 5. The summed E-state index contributed by atoms with van der Waals surface area (Å²) in [6.45, 7) is 4.10. The molecule has 0 aliphatic carbocycles. The quantitative estimate of drug-likeness (QED) is 0.878. The molecule has 0 saturated heterocycles. The number of hydrogen-bond acceptors (Lipinski definition) is 2. The van der Waals surface area contributed by atoms with Crippen molar-refractivity contribution in [2.24, 2.45) is 0 Å². The summed E-state index contributed by atoms with van der Waals surface area (Å²) in [4.78, 5) is 12.1. The molecule has 2 aromatic rings. The van der Waals surface area contributed by atoms with Crippen molar-refractivity contribution in [3.8, 4) is 0 Å². The third-order valence-corrected chi connectivity index (χ3v) is 4.66. The van der Waals surface area contributed by atoms with Gasteiger partial charge in [-0.05, 0) is 35.1 Å². The van der Waals surface area contributed by atoms with Gasteiger partial charge in [-0.15, -0.1) is 0 Å². The van der Waals surface area contributed by atoms with Crippen LogP contribution in [0.3, 0.4) is 0 Å². The Kier molecular flexibility index (Phi) is 4.49. The lowest BCUT2D eigenvalue weighted by atomic mass is 9.90. The Morgan fingerprint density at radius 2 is 1.91 bits per heavy atom. The first kappa shape index (κ1) is 15.8. The average Bonchev–Trinajstić information content (AvgIpc) is 2.89. The number of hydrogen-bond donors (Lipinski definition) is 2. The average molecular weight is 309 g/mol. The minimum atomic E-state index is -0.554. The van der Waals surface area contributed by atoms with Gasteiger partial charge in [0.2, 0.25) is 5.91 Å². The normalized spacial score (nSPS) is 17.7. The highest BCUT2D eigenvalue weighted by Gasteiger charge is 2.31. The number of anilines is 1. The maximum Gasteiger partial charge on any atom is 0.232 e. The van der Waals surface area contributed by atoms with Crippen molar-refractivity contribution in [2.45, 2.75) is 45.1 Å². The van der Waals surface area contributed by atoms with E-state index in [9.17, 15) is 9.90 Å². The summed E-state index contributed by atoms with van der Waals surface area (Å²) in [5.41, 5.74) is 5.12. The van der Waals surface area contributed by atoms with Gasteiger partial charge in [0, 0.05) is 12.1 Å². The second-order valence-electron chi connectivity index (χ2n) is 6.15. The Bertz CT molecular complexity index is 709. The fraction of sp³-hybridized carbons (Fsp3) is 0.350. The molecule has 2 unspecified atom stereocenters. The molecule has 3 heteroatoms. The summed E-state index contributed by atoms with van der Waals surface area (Å²) in [5.74, 6) is -0.0222. The number of aliphatic hydroxyl groups excluding tert-OH is 1. The number of aryl methyl sites for hydroxylation is 1. The lowest BCUT2D eigenvalue weighted by Crippen LogP contribution is -2.11. The van der Waals surface area contributed by atoms with E-state index in [-0.39, 0.29) is 11.8 Å². The Balaban J connectivity index is 1.94. The van der Waals surface area contributed by atoms with Crippen LogP contribution in [0.15, 0.2) is 42.5 Å². The minimum Gasteiger partial charge on any atom is -0.388 e. The molecule has 0 radical (unpaired) electrons. The molecule has 23 heavy (non-hydrogen) atoms. The SMILES string of the molecule is CCc1cc(C(O)Cc2ccccc2)cc2c1NC(=O)C2CC. The van der Waals surface area contributed by atoms with Gasteiger partial charge >= 0.3 is 0 Å². The van der Waals surface area contributed by atoms with Crippen molar-refractivity contribution in [1.29, 1.82) is 0 Å². The summed E-state index contributed by atoms with van der Waals surface area (Å²) < 4.78 is 0. The van der Waals surface area contributed by atoms with Crippen molar-refractivity contribution in [3.05, 3.63) is 64.7 Å². The Morgan fingerprint density at radius 3 is 2.57 bits per heavy atom. The highest BCUT2D eigenvalue weighted by molar-refractivity contribution is 6.03. The third kappa shape index (κ3) is 3.02. The number of benzene rings is 2. The number of carbonyl (C=O) groups excluding carboxylic acids is 1. The molecule has 1 heterocycles. The first-order valence-corrected chi connectivity index (χ1v) is 8.33. The van der Waals surface area contributed by atoms with Gasteiger partial charge in [0.1, 0.15) is 0 Å². The number of aliphatic hydroxyl groups is 1. The second kappa shape index (κ2) is 6.55. The summed E-state index contributed by atoms with van der Waals surface area (Å²) in [5, 5.41) is 13.7. The molecule has 0 aromatic heterocycles. The zero-order chi connectivity index (χ0) is 16.4. The van der Waals surface area contributed by atoms with Gasteiger partial charge in [-0.1, -0.05) is 56.3 Å². The molecule has 0 bridgehead atoms. The second-order valence-corrected chi connectivity index (χ2v) is 6.15. The largest absolute Gasteiger partial charge is 0.388 e. The van der Waals surface area contributed by atoms with Crippen molar-refractivity contribution in [2.75, 3.05) is 5.32 Å². The van der Waals surface area contributed by atoms with Crippen LogP contribution in [0.1, 0.15) is 54.5 Å². The molecular weight excluding hydrogens is 286 g/mol. The molecule has 0 saturated carbocycles. The van der Waals surface area contributed by atoms with Crippen LogP contribution in [-0.2, 0) is 17.6 Å². The van der Waals surface area contributed by atoms with E-state index in [1.165, 1.54) is 0 Å². The van der Waals surface area contributed by atoms with Crippen LogP contribution in [0.2, 0.25) is 0 Å². The molecule has 2 N–H and O–H groups in total. The maximum absolute atomic E-state index is 12.1. The fourth-order valence-corrected chi connectivity index (χ4v) is 3.36. The van der Waals surface area contributed by atoms with E-state index in [0.717, 1.165) is 40.8 Å². The van der Waals surface area contributed by atoms with Gasteiger partial charge in [-0.2, -0.15) is 0 Å². The number of amides is 1. The van der Waals surface area contributed by atoms with Crippen LogP contribution in [0.5, 0.6) is 0 Å². The van der Waals surface area contributed by atoms with Crippen LogP contribution < -0.4 is 5.32 Å². The maximum atomic E-state index is 12.1. The molecule has 120 valence electrons. The van der Waals surface area contributed by atoms with E-state index in [2.05, 4.69) is 12.2 Å². The molecule has 2 atom stereocenters. The first-order valence-electron chi connectivity index (χ1n) is 8.33. The van der Waals surface area contributed by atoms with Gasteiger partial charge in [-0.3, -0.25) is 4.79 Å². The highest BCUT2D eigenvalue weighted by atomic mass is 16.3. The van der Waals surface area contributed by atoms with Crippen molar-refractivity contribution in [1.82, 2.24) is 0 Å². The van der Waals surface area contributed by atoms with Gasteiger partial charge in [0.15, 0.2) is 0 Å². The van der Waals surface area contributed by atoms with E-state index in [1.807, 2.05) is 49.4 Å². The van der Waals surface area contributed by atoms with Gasteiger partial charge < -0.3 is 10.4 Å². The summed E-state index contributed by atoms with van der Waals surface area (Å²) in [6.07, 6.45) is 1.65. The summed E-state index contributed by atoms with van der Waals surface area (Å²) in [7, 11) is 0. The predicted molar refractivity (Wildman–Crippen MR) is 92.6 cm³/mol. The number of fused-ring (bicyclic) bond motifs is 1. The topological polar surface area (TPSA) is 49.3 Å². The monoisotopic (exact) mass is 309 g/mol.